The molecule has 0 bridgehead atoms. The highest BCUT2D eigenvalue weighted by Crippen LogP contribution is 2.30. The summed E-state index contributed by atoms with van der Waals surface area (Å²) in [6.07, 6.45) is 1.83. The van der Waals surface area contributed by atoms with Crippen molar-refractivity contribution < 1.29 is 19.6 Å². The fourth-order valence-electron chi connectivity index (χ4n) is 2.93. The molecule has 1 heterocycles. The third-order valence-electron chi connectivity index (χ3n) is 4.57. The molecule has 1 aliphatic heterocycles. The number of imide groups is 1. The van der Waals surface area contributed by atoms with Crippen LogP contribution in [-0.2, 0) is 11.2 Å². The van der Waals surface area contributed by atoms with Crippen molar-refractivity contribution in [2.45, 2.75) is 25.3 Å². The van der Waals surface area contributed by atoms with Crippen molar-refractivity contribution in [2.75, 3.05) is 0 Å². The molecule has 0 aromatic heterocycles. The van der Waals surface area contributed by atoms with Crippen molar-refractivity contribution >= 4 is 35.4 Å². The van der Waals surface area contributed by atoms with Gasteiger partial charge < -0.3 is 10.4 Å². The van der Waals surface area contributed by atoms with Crippen LogP contribution in [0.15, 0.2) is 47.6 Å². The van der Waals surface area contributed by atoms with Gasteiger partial charge in [0.05, 0.1) is 11.1 Å². The molecule has 10 heteroatoms. The smallest absolute Gasteiger partial charge is 0.346 e. The van der Waals surface area contributed by atoms with Gasteiger partial charge in [0.2, 0.25) is 0 Å². The van der Waals surface area contributed by atoms with Crippen LogP contribution in [0.4, 0.5) is 10.5 Å². The number of halogens is 1. The number of carbonyl (C=O) groups excluding carboxylic acids is 2. The van der Waals surface area contributed by atoms with Crippen molar-refractivity contribution in [3.63, 3.8) is 0 Å². The number of nitro benzene ring substituents is 1. The molecule has 0 radical (unpaired) electrons. The van der Waals surface area contributed by atoms with Gasteiger partial charge in [-0.15, -0.1) is 5.01 Å². The van der Waals surface area contributed by atoms with E-state index < -0.39 is 33.8 Å². The molecule has 1 saturated heterocycles. The van der Waals surface area contributed by atoms with Crippen molar-refractivity contribution in [1.29, 1.82) is 0 Å². The number of nitrogens with one attached hydrogen (secondary N) is 1. The number of rotatable bonds is 6. The number of amides is 3. The summed E-state index contributed by atoms with van der Waals surface area (Å²) in [5.41, 5.74) is -1.07. The normalized spacial score (nSPS) is 19.0. The first-order chi connectivity index (χ1) is 13.7. The summed E-state index contributed by atoms with van der Waals surface area (Å²) in [5.74, 6) is -1.50. The zero-order valence-electron chi connectivity index (χ0n) is 15.3. The molecule has 0 saturated carbocycles. The monoisotopic (exact) mass is 415 g/mol. The van der Waals surface area contributed by atoms with Crippen LogP contribution in [-0.4, -0.2) is 33.6 Å². The third kappa shape index (κ3) is 4.19. The predicted molar refractivity (Wildman–Crippen MR) is 104 cm³/mol. The van der Waals surface area contributed by atoms with Crippen molar-refractivity contribution in [2.24, 2.45) is 5.10 Å². The van der Waals surface area contributed by atoms with Crippen LogP contribution in [0.3, 0.4) is 0 Å². The highest BCUT2D eigenvalue weighted by atomic mass is 35.5. The van der Waals surface area contributed by atoms with Gasteiger partial charge in [-0.2, -0.15) is 5.10 Å². The molecule has 1 atom stereocenters. The van der Waals surface area contributed by atoms with Gasteiger partial charge in [-0.25, -0.2) is 4.79 Å². The molecule has 2 aromatic rings. The summed E-state index contributed by atoms with van der Waals surface area (Å²) in [4.78, 5) is 35.0. The molecule has 1 fully saturated rings. The van der Waals surface area contributed by atoms with Gasteiger partial charge in [-0.05, 0) is 42.7 Å². The van der Waals surface area contributed by atoms with E-state index in [1.807, 2.05) is 30.3 Å². The first-order valence-electron chi connectivity index (χ1n) is 8.61. The predicted octanol–water partition coefficient (Wildman–Crippen LogP) is 2.60. The lowest BCUT2D eigenvalue weighted by Gasteiger charge is -2.20. The number of hydrogen-bond donors (Lipinski definition) is 1. The second-order valence-electron chi connectivity index (χ2n) is 6.71. The molecule has 0 aliphatic carbocycles. The van der Waals surface area contributed by atoms with E-state index in [0.717, 1.165) is 17.8 Å². The van der Waals surface area contributed by atoms with Gasteiger partial charge >= 0.3 is 6.03 Å². The van der Waals surface area contributed by atoms with Crippen LogP contribution < -0.4 is 10.4 Å². The zero-order valence-corrected chi connectivity index (χ0v) is 16.0. The van der Waals surface area contributed by atoms with E-state index in [4.69, 9.17) is 11.6 Å². The number of aryl methyl sites for hydroxylation is 1. The lowest BCUT2D eigenvalue weighted by molar-refractivity contribution is -0.398. The zero-order chi connectivity index (χ0) is 21.2. The van der Waals surface area contributed by atoms with Gasteiger partial charge in [0.25, 0.3) is 11.6 Å². The van der Waals surface area contributed by atoms with E-state index >= 15 is 0 Å². The minimum Gasteiger partial charge on any atom is -0.867 e. The van der Waals surface area contributed by atoms with Gasteiger partial charge in [-0.3, -0.25) is 14.9 Å². The number of nitro groups is 1. The summed E-state index contributed by atoms with van der Waals surface area (Å²) in [5, 5.41) is 30.0. The van der Waals surface area contributed by atoms with Gasteiger partial charge in [0.15, 0.2) is 0 Å². The maximum Gasteiger partial charge on any atom is 0.346 e. The highest BCUT2D eigenvalue weighted by Gasteiger charge is 2.47. The number of hydrogen-bond acceptors (Lipinski definition) is 6. The van der Waals surface area contributed by atoms with Crippen molar-refractivity contribution in [3.8, 4) is 5.75 Å². The molecular formula is C19H16ClN4O5-. The fourth-order valence-corrected chi connectivity index (χ4v) is 3.15. The maximum atomic E-state index is 12.7. The minimum atomic E-state index is -1.16. The van der Waals surface area contributed by atoms with Crippen molar-refractivity contribution in [3.05, 3.63) is 68.7 Å². The number of benzene rings is 2. The molecule has 1 N–H and O–H groups in total. The lowest BCUT2D eigenvalue weighted by Crippen LogP contribution is -2.44. The first kappa shape index (κ1) is 20.3. The Hall–Kier alpha value is -3.46. The van der Waals surface area contributed by atoms with E-state index in [1.165, 1.54) is 6.07 Å². The molecule has 3 rings (SSSR count). The Balaban J connectivity index is 1.79. The Morgan fingerprint density at radius 1 is 1.28 bits per heavy atom. The number of carbonyl (C=O) groups is 2. The summed E-state index contributed by atoms with van der Waals surface area (Å²) < 4.78 is 0. The van der Waals surface area contributed by atoms with Gasteiger partial charge in [-0.1, -0.05) is 41.9 Å². The van der Waals surface area contributed by atoms with E-state index in [-0.39, 0.29) is 10.6 Å². The van der Waals surface area contributed by atoms with Gasteiger partial charge in [0.1, 0.15) is 5.54 Å². The molecule has 0 spiro atoms. The van der Waals surface area contributed by atoms with Crippen LogP contribution in [0.2, 0.25) is 5.02 Å². The second kappa shape index (κ2) is 7.88. The highest BCUT2D eigenvalue weighted by molar-refractivity contribution is 6.31. The Morgan fingerprint density at radius 2 is 1.97 bits per heavy atom. The Morgan fingerprint density at radius 3 is 2.62 bits per heavy atom. The average molecular weight is 416 g/mol. The molecule has 3 amide bonds. The molecular weight excluding hydrogens is 400 g/mol. The standard InChI is InChI=1S/C19H17ClN4O5/c1-19(8-7-12-5-3-2-4-6-12)17(26)23(18(27)22-19)21-11-13-9-14(20)10-15(16(13)25)24(28)29/h2-6,9-11,25H,7-8H2,1H3,(H,22,27)/p-1/b21-11-/t19-/m1/s1. The number of urea groups is 1. The quantitative estimate of drug-likeness (QED) is 0.335. The lowest BCUT2D eigenvalue weighted by atomic mass is 9.93. The fraction of sp³-hybridized carbons (Fsp3) is 0.211. The Kier molecular flexibility index (Phi) is 5.51. The largest absolute Gasteiger partial charge is 0.867 e. The molecule has 29 heavy (non-hydrogen) atoms. The number of hydrazone groups is 1. The minimum absolute atomic E-state index is 0.0392. The van der Waals surface area contributed by atoms with Crippen molar-refractivity contribution in [1.82, 2.24) is 10.3 Å². The summed E-state index contributed by atoms with van der Waals surface area (Å²) in [6, 6.07) is 10.8. The molecule has 0 unspecified atom stereocenters. The van der Waals surface area contributed by atoms with Crippen LogP contribution in [0.5, 0.6) is 5.75 Å². The van der Waals surface area contributed by atoms with Crippen LogP contribution in [0, 0.1) is 10.1 Å². The molecule has 1 aliphatic rings. The average Bonchev–Trinajstić information content (AvgIpc) is 2.90. The van der Waals surface area contributed by atoms with Crippen LogP contribution in [0.25, 0.3) is 0 Å². The van der Waals surface area contributed by atoms with Crippen LogP contribution >= 0.6 is 11.6 Å². The van der Waals surface area contributed by atoms with E-state index in [0.29, 0.717) is 17.9 Å². The van der Waals surface area contributed by atoms with E-state index in [2.05, 4.69) is 10.4 Å². The summed E-state index contributed by atoms with van der Waals surface area (Å²) >= 11 is 5.80. The van der Waals surface area contributed by atoms with E-state index in [1.54, 1.807) is 6.92 Å². The van der Waals surface area contributed by atoms with Crippen LogP contribution in [0.1, 0.15) is 24.5 Å². The van der Waals surface area contributed by atoms with Gasteiger partial charge in [0, 0.05) is 11.1 Å². The first-order valence-corrected chi connectivity index (χ1v) is 8.98. The maximum absolute atomic E-state index is 12.7. The summed E-state index contributed by atoms with van der Waals surface area (Å²) in [7, 11) is 0. The molecule has 2 aromatic carbocycles. The molecule has 150 valence electrons. The number of nitrogens with zero attached hydrogens (tertiary/aromatic N) is 3. The Labute approximate surface area is 170 Å². The SMILES string of the molecule is C[C@]1(CCc2ccccc2)NC(=O)N(/N=C\c2cc(Cl)cc([N+](=O)[O-])c2[O-])C1=O. The topological polar surface area (TPSA) is 128 Å². The summed E-state index contributed by atoms with van der Waals surface area (Å²) in [6.45, 7) is 1.59. The second-order valence-corrected chi connectivity index (χ2v) is 7.15. The molecule has 9 nitrogen and oxygen atoms in total. The third-order valence-corrected chi connectivity index (χ3v) is 4.79. The van der Waals surface area contributed by atoms with E-state index in [9.17, 15) is 24.8 Å². The Bertz CT molecular complexity index is 1010.